The zero-order valence-electron chi connectivity index (χ0n) is 21.2. The van der Waals surface area contributed by atoms with Gasteiger partial charge in [-0.1, -0.05) is 134 Å². The summed E-state index contributed by atoms with van der Waals surface area (Å²) in [6.45, 7) is 0. The lowest BCUT2D eigenvalue weighted by atomic mass is 9.80. The third-order valence-electron chi connectivity index (χ3n) is 7.93. The highest BCUT2D eigenvalue weighted by Crippen LogP contribution is 2.58. The molecule has 37 heavy (non-hydrogen) atoms. The van der Waals surface area contributed by atoms with E-state index in [1.165, 1.54) is 46.9 Å². The van der Waals surface area contributed by atoms with Gasteiger partial charge in [0.1, 0.15) is 0 Å². The Morgan fingerprint density at radius 3 is 1.05 bits per heavy atom. The quantitative estimate of drug-likeness (QED) is 0.227. The van der Waals surface area contributed by atoms with Gasteiger partial charge in [0, 0.05) is 26.6 Å². The van der Waals surface area contributed by atoms with Crippen molar-refractivity contribution in [2.45, 2.75) is 50.7 Å². The molecule has 0 N–H and O–H groups in total. The van der Waals surface area contributed by atoms with Gasteiger partial charge in [0.2, 0.25) is 0 Å². The molecule has 188 valence electrons. The van der Waals surface area contributed by atoms with Crippen LogP contribution in [0.15, 0.2) is 121 Å². The Bertz CT molecular complexity index is 1070. The first kappa shape index (κ1) is 25.0. The Morgan fingerprint density at radius 2 is 0.757 bits per heavy atom. The number of hydrogen-bond acceptors (Lipinski definition) is 2. The van der Waals surface area contributed by atoms with E-state index in [4.69, 9.17) is 9.05 Å². The molecule has 0 amide bonds. The molecular weight excluding hydrogens is 490 g/mol. The van der Waals surface area contributed by atoms with Crippen LogP contribution in [-0.4, -0.2) is 12.2 Å². The molecule has 4 aromatic rings. The van der Waals surface area contributed by atoms with E-state index in [-0.39, 0.29) is 17.6 Å². The van der Waals surface area contributed by atoms with Crippen LogP contribution < -0.4 is 21.2 Å². The van der Waals surface area contributed by atoms with Crippen molar-refractivity contribution in [1.29, 1.82) is 0 Å². The van der Waals surface area contributed by atoms with Gasteiger partial charge in [0.15, 0.2) is 0 Å². The van der Waals surface area contributed by atoms with Crippen LogP contribution in [0.4, 0.5) is 0 Å². The van der Waals surface area contributed by atoms with E-state index in [1.54, 1.807) is 0 Å². The van der Waals surface area contributed by atoms with Gasteiger partial charge in [-0.3, -0.25) is 0 Å². The molecule has 0 saturated heterocycles. The summed E-state index contributed by atoms with van der Waals surface area (Å²) in [4.78, 5) is 0. The molecule has 2 aliphatic rings. The third-order valence-corrected chi connectivity index (χ3v) is 11.9. The molecule has 4 heteroatoms. The molecule has 4 aromatic carbocycles. The zero-order valence-corrected chi connectivity index (χ0v) is 22.9. The average Bonchev–Trinajstić information content (AvgIpc) is 3.58. The number of benzene rings is 4. The van der Waals surface area contributed by atoms with Gasteiger partial charge in [-0.05, 0) is 25.7 Å². The van der Waals surface area contributed by atoms with Crippen LogP contribution in [0.5, 0.6) is 0 Å². The molecule has 0 aliphatic heterocycles. The fourth-order valence-electron chi connectivity index (χ4n) is 6.15. The Kier molecular flexibility index (Phi) is 7.82. The highest BCUT2D eigenvalue weighted by Gasteiger charge is 2.54. The molecule has 1 spiro atoms. The maximum atomic E-state index is 7.24. The maximum Gasteiger partial charge on any atom is 0.0921 e. The van der Waals surface area contributed by atoms with Gasteiger partial charge >= 0.3 is 0 Å². The highest BCUT2D eigenvalue weighted by molar-refractivity contribution is 7.68. The fraction of sp³-hybridized carbons (Fsp3) is 0.273. The van der Waals surface area contributed by atoms with Gasteiger partial charge in [-0.2, -0.15) is 0 Å². The molecular formula is C33H34O2P2. The molecule has 0 bridgehead atoms. The normalized spacial score (nSPS) is 23.3. The van der Waals surface area contributed by atoms with Crippen LogP contribution in [0.2, 0.25) is 0 Å². The number of rotatable bonds is 8. The van der Waals surface area contributed by atoms with E-state index in [0.717, 1.165) is 12.8 Å². The summed E-state index contributed by atoms with van der Waals surface area (Å²) in [6, 6.07) is 43.3. The van der Waals surface area contributed by atoms with Crippen LogP contribution in [0.1, 0.15) is 38.5 Å². The van der Waals surface area contributed by atoms with Crippen molar-refractivity contribution in [2.75, 3.05) is 0 Å². The SMILES string of the molecule is c1ccc(P(OC2CCCC23CCC[C@H]3OP(c2ccccc2)c2ccccc2)c2ccccc2)cc1. The summed E-state index contributed by atoms with van der Waals surface area (Å²) < 4.78 is 14.5. The Labute approximate surface area is 223 Å². The molecule has 0 radical (unpaired) electrons. The fourth-order valence-corrected chi connectivity index (χ4v) is 10.1. The van der Waals surface area contributed by atoms with Gasteiger partial charge < -0.3 is 9.05 Å². The monoisotopic (exact) mass is 524 g/mol. The van der Waals surface area contributed by atoms with E-state index in [9.17, 15) is 0 Å². The first-order chi connectivity index (χ1) is 18.3. The zero-order chi connectivity index (χ0) is 24.9. The molecule has 0 aromatic heterocycles. The predicted molar refractivity (Wildman–Crippen MR) is 158 cm³/mol. The van der Waals surface area contributed by atoms with E-state index in [0.29, 0.717) is 0 Å². The van der Waals surface area contributed by atoms with Crippen molar-refractivity contribution in [3.8, 4) is 0 Å². The summed E-state index contributed by atoms with van der Waals surface area (Å²) in [6.07, 6.45) is 7.49. The molecule has 0 heterocycles. The van der Waals surface area contributed by atoms with Crippen molar-refractivity contribution in [3.63, 3.8) is 0 Å². The van der Waals surface area contributed by atoms with Gasteiger partial charge in [0.25, 0.3) is 0 Å². The second kappa shape index (κ2) is 11.6. The van der Waals surface area contributed by atoms with Crippen molar-refractivity contribution in [2.24, 2.45) is 5.41 Å². The van der Waals surface area contributed by atoms with Crippen LogP contribution >= 0.6 is 16.3 Å². The molecule has 2 aliphatic carbocycles. The molecule has 2 unspecified atom stereocenters. The summed E-state index contributed by atoms with van der Waals surface area (Å²) in [7, 11) is -1.76. The lowest BCUT2D eigenvalue weighted by molar-refractivity contribution is 0.00841. The van der Waals surface area contributed by atoms with E-state index in [2.05, 4.69) is 121 Å². The van der Waals surface area contributed by atoms with Crippen molar-refractivity contribution in [3.05, 3.63) is 121 Å². The van der Waals surface area contributed by atoms with Gasteiger partial charge in [0.05, 0.1) is 28.5 Å². The molecule has 2 nitrogen and oxygen atoms in total. The third kappa shape index (κ3) is 5.32. The lowest BCUT2D eigenvalue weighted by Crippen LogP contribution is -2.41. The highest BCUT2D eigenvalue weighted by atomic mass is 31.1. The summed E-state index contributed by atoms with van der Waals surface area (Å²) in [5.41, 5.74) is 0.0916. The largest absolute Gasteiger partial charge is 0.346 e. The Hall–Kier alpha value is -2.34. The summed E-state index contributed by atoms with van der Waals surface area (Å²) in [5, 5.41) is 5.16. The van der Waals surface area contributed by atoms with Crippen LogP contribution in [0, 0.1) is 5.41 Å². The maximum absolute atomic E-state index is 7.24. The lowest BCUT2D eigenvalue weighted by Gasteiger charge is -2.40. The van der Waals surface area contributed by atoms with Crippen LogP contribution in [0.3, 0.4) is 0 Å². The minimum absolute atomic E-state index is 0.0916. The van der Waals surface area contributed by atoms with E-state index < -0.39 is 16.3 Å². The Balaban J connectivity index is 1.31. The Morgan fingerprint density at radius 1 is 0.459 bits per heavy atom. The number of hydrogen-bond donors (Lipinski definition) is 0. The van der Waals surface area contributed by atoms with Crippen LogP contribution in [0.25, 0.3) is 0 Å². The van der Waals surface area contributed by atoms with Crippen LogP contribution in [-0.2, 0) is 9.05 Å². The minimum atomic E-state index is -0.881. The molecule has 2 saturated carbocycles. The van der Waals surface area contributed by atoms with Crippen molar-refractivity contribution < 1.29 is 9.05 Å². The predicted octanol–water partition coefficient (Wildman–Crippen LogP) is 7.21. The smallest absolute Gasteiger partial charge is 0.0921 e. The van der Waals surface area contributed by atoms with Gasteiger partial charge in [-0.25, -0.2) is 0 Å². The minimum Gasteiger partial charge on any atom is -0.346 e. The first-order valence-corrected chi connectivity index (χ1v) is 16.0. The average molecular weight is 525 g/mol. The molecule has 3 atom stereocenters. The summed E-state index contributed by atoms with van der Waals surface area (Å²) in [5.74, 6) is 0. The van der Waals surface area contributed by atoms with Crippen molar-refractivity contribution >= 4 is 37.5 Å². The van der Waals surface area contributed by atoms with Gasteiger partial charge in [-0.15, -0.1) is 0 Å². The standard InChI is InChI=1S/C33H34O2P2/c1-5-15-27(16-6-1)36(28-17-7-2-8-18-28)34-31-23-13-25-33(31)26-14-24-32(33)35-37(29-19-9-3-10-20-29)30-21-11-4-12-22-30/h1-12,15-22,31-32H,13-14,23-26H2/t31-,32?,33?/m1/s1. The topological polar surface area (TPSA) is 18.5 Å². The molecule has 2 fully saturated rings. The van der Waals surface area contributed by atoms with E-state index in [1.807, 2.05) is 0 Å². The molecule has 6 rings (SSSR count). The first-order valence-electron chi connectivity index (χ1n) is 13.5. The second-order valence-electron chi connectivity index (χ2n) is 10.1. The summed E-state index contributed by atoms with van der Waals surface area (Å²) >= 11 is 0. The second-order valence-corrected chi connectivity index (χ2v) is 13.8. The van der Waals surface area contributed by atoms with E-state index >= 15 is 0 Å². The van der Waals surface area contributed by atoms with Crippen molar-refractivity contribution in [1.82, 2.24) is 0 Å².